The lowest BCUT2D eigenvalue weighted by atomic mass is 10.0. The van der Waals surface area contributed by atoms with Gasteiger partial charge in [0.1, 0.15) is 9.83 Å². The topological polar surface area (TPSA) is 54.4 Å². The predicted molar refractivity (Wildman–Crippen MR) is 98.7 cm³/mol. The molecule has 5 heteroatoms. The molecule has 134 valence electrons. The molecule has 0 heterocycles. The minimum Gasteiger partial charge on any atom is -0.296 e. The molecule has 2 unspecified atom stereocenters. The van der Waals surface area contributed by atoms with Crippen molar-refractivity contribution in [2.45, 2.75) is 103 Å². The molecule has 0 aliphatic heterocycles. The van der Waals surface area contributed by atoms with Gasteiger partial charge in [-0.3, -0.25) is 4.55 Å². The zero-order valence-corrected chi connectivity index (χ0v) is 16.0. The Bertz CT molecular complexity index is 283. The van der Waals surface area contributed by atoms with Crippen molar-refractivity contribution in [3.05, 3.63) is 0 Å². The maximum Gasteiger partial charge on any atom is 0.247 e. The van der Waals surface area contributed by atoms with E-state index in [1.165, 1.54) is 77.0 Å². The summed E-state index contributed by atoms with van der Waals surface area (Å²) in [5, 5.41) is 0. The smallest absolute Gasteiger partial charge is 0.247 e. The highest BCUT2D eigenvalue weighted by Gasteiger charge is 2.04. The molecule has 0 aromatic carbocycles. The Kier molecular flexibility index (Phi) is 17.8. The third kappa shape index (κ3) is 16.6. The van der Waals surface area contributed by atoms with Gasteiger partial charge < -0.3 is 0 Å². The van der Waals surface area contributed by atoms with Gasteiger partial charge in [-0.1, -0.05) is 96.8 Å². The zero-order chi connectivity index (χ0) is 16.5. The van der Waals surface area contributed by atoms with Crippen molar-refractivity contribution < 1.29 is 13.0 Å². The van der Waals surface area contributed by atoms with Gasteiger partial charge in [0.15, 0.2) is 0 Å². The summed E-state index contributed by atoms with van der Waals surface area (Å²) in [6.45, 7) is 2.26. The monoisotopic (exact) mass is 352 g/mol. The van der Waals surface area contributed by atoms with Crippen molar-refractivity contribution in [1.82, 2.24) is 0 Å². The van der Waals surface area contributed by atoms with Gasteiger partial charge in [-0.2, -0.15) is 0 Å². The van der Waals surface area contributed by atoms with E-state index >= 15 is 0 Å². The van der Waals surface area contributed by atoms with Gasteiger partial charge in [0.25, 0.3) is 0 Å². The van der Waals surface area contributed by atoms with Crippen LogP contribution in [0.15, 0.2) is 0 Å². The summed E-state index contributed by atoms with van der Waals surface area (Å²) >= 11 is 0. The molecule has 3 nitrogen and oxygen atoms in total. The Morgan fingerprint density at radius 1 is 0.591 bits per heavy atom. The lowest BCUT2D eigenvalue weighted by Gasteiger charge is -2.03. The molecule has 0 aromatic rings. The van der Waals surface area contributed by atoms with Gasteiger partial charge in [0.2, 0.25) is 10.1 Å². The number of hydrogen-bond acceptors (Lipinski definition) is 2. The first-order valence-corrected chi connectivity index (χ1v) is 12.1. The van der Waals surface area contributed by atoms with Crippen LogP contribution < -0.4 is 0 Å². The summed E-state index contributed by atoms with van der Waals surface area (Å²) in [7, 11) is -3.72. The van der Waals surface area contributed by atoms with E-state index in [1.54, 1.807) is 0 Å². The molecule has 0 rings (SSSR count). The molecule has 0 aromatic heterocycles. The van der Waals surface area contributed by atoms with E-state index in [2.05, 4.69) is 6.92 Å². The maximum absolute atomic E-state index is 11.0. The summed E-state index contributed by atoms with van der Waals surface area (Å²) in [6, 6.07) is 0. The first-order chi connectivity index (χ1) is 10.7. The Balaban J connectivity index is 3.05. The molecule has 0 radical (unpaired) electrons. The molecule has 2 atom stereocenters. The second-order valence-corrected chi connectivity index (χ2v) is 9.60. The van der Waals surface area contributed by atoms with E-state index in [4.69, 9.17) is 4.55 Å². The van der Waals surface area contributed by atoms with Gasteiger partial charge >= 0.3 is 0 Å². The van der Waals surface area contributed by atoms with Crippen molar-refractivity contribution in [2.24, 2.45) is 0 Å². The van der Waals surface area contributed by atoms with Crippen molar-refractivity contribution >= 4 is 19.9 Å². The van der Waals surface area contributed by atoms with Crippen molar-refractivity contribution in [2.75, 3.05) is 5.75 Å². The highest BCUT2D eigenvalue weighted by molar-refractivity contribution is 8.58. The van der Waals surface area contributed by atoms with Gasteiger partial charge in [-0.15, -0.1) is 0 Å². The van der Waals surface area contributed by atoms with Crippen molar-refractivity contribution in [1.29, 1.82) is 0 Å². The van der Waals surface area contributed by atoms with Crippen LogP contribution in [0.3, 0.4) is 0 Å². The Morgan fingerprint density at radius 2 is 0.909 bits per heavy atom. The van der Waals surface area contributed by atoms with Gasteiger partial charge in [0.05, 0.1) is 0 Å². The molecule has 0 aliphatic rings. The quantitative estimate of drug-likeness (QED) is 0.206. The molecule has 22 heavy (non-hydrogen) atoms. The lowest BCUT2D eigenvalue weighted by Crippen LogP contribution is -2.03. The minimum atomic E-state index is -2.16. The van der Waals surface area contributed by atoms with Crippen LogP contribution in [0.2, 0.25) is 0 Å². The summed E-state index contributed by atoms with van der Waals surface area (Å²) in [5.41, 5.74) is 0. The molecule has 0 fully saturated rings. The third-order valence-corrected chi connectivity index (χ3v) is 6.47. The van der Waals surface area contributed by atoms with Crippen molar-refractivity contribution in [3.8, 4) is 0 Å². The second kappa shape index (κ2) is 17.6. The van der Waals surface area contributed by atoms with Crippen LogP contribution in [0.25, 0.3) is 0 Å². The average molecular weight is 353 g/mol. The zero-order valence-electron chi connectivity index (χ0n) is 14.4. The van der Waals surface area contributed by atoms with E-state index in [0.717, 1.165) is 19.3 Å². The van der Waals surface area contributed by atoms with Gasteiger partial charge in [-0.05, 0) is 6.42 Å². The molecule has 0 aliphatic carbocycles. The largest absolute Gasteiger partial charge is 0.296 e. The second-order valence-electron chi connectivity index (χ2n) is 6.17. The fourth-order valence-corrected chi connectivity index (χ4v) is 4.03. The standard InChI is InChI=1S/C17H36O3S2/c1-2-3-4-5-6-7-8-9-10-11-12-13-14-15-16-17-21(18)22(19)20/h2-17H2,1H3,(H,19,20). The fourth-order valence-electron chi connectivity index (χ4n) is 2.66. The molecule has 0 bridgehead atoms. The molecule has 0 spiro atoms. The molecule has 0 amide bonds. The number of rotatable bonds is 17. The van der Waals surface area contributed by atoms with Crippen molar-refractivity contribution in [3.63, 3.8) is 0 Å². The van der Waals surface area contributed by atoms with E-state index in [9.17, 15) is 8.42 Å². The third-order valence-electron chi connectivity index (χ3n) is 4.07. The van der Waals surface area contributed by atoms with E-state index in [-0.39, 0.29) is 0 Å². The highest BCUT2D eigenvalue weighted by Crippen LogP contribution is 2.13. The predicted octanol–water partition coefficient (Wildman–Crippen LogP) is 5.74. The summed E-state index contributed by atoms with van der Waals surface area (Å²) in [5.74, 6) is 0.362. The van der Waals surface area contributed by atoms with Crippen LogP contribution in [-0.4, -0.2) is 18.7 Å². The van der Waals surface area contributed by atoms with E-state index in [1.807, 2.05) is 0 Å². The molecular formula is C17H36O3S2. The summed E-state index contributed by atoms with van der Waals surface area (Å²) in [6.07, 6.45) is 19.4. The maximum atomic E-state index is 11.0. The van der Waals surface area contributed by atoms with Crippen LogP contribution >= 0.6 is 0 Å². The highest BCUT2D eigenvalue weighted by atomic mass is 33.1. The normalized spacial score (nSPS) is 14.1. The number of unbranched alkanes of at least 4 members (excludes halogenated alkanes) is 14. The first kappa shape index (κ1) is 22.3. The Morgan fingerprint density at radius 3 is 1.23 bits per heavy atom. The van der Waals surface area contributed by atoms with Crippen LogP contribution in [0.4, 0.5) is 0 Å². The fraction of sp³-hybridized carbons (Fsp3) is 1.00. The average Bonchev–Trinajstić information content (AvgIpc) is 2.50. The van der Waals surface area contributed by atoms with E-state index in [0.29, 0.717) is 5.75 Å². The van der Waals surface area contributed by atoms with Crippen LogP contribution in [0.1, 0.15) is 103 Å². The van der Waals surface area contributed by atoms with E-state index < -0.39 is 19.9 Å². The summed E-state index contributed by atoms with van der Waals surface area (Å²) < 4.78 is 30.1. The van der Waals surface area contributed by atoms with Gasteiger partial charge in [0, 0.05) is 5.75 Å². The summed E-state index contributed by atoms with van der Waals surface area (Å²) in [4.78, 5) is 0. The molecule has 1 N–H and O–H groups in total. The Hall–Kier alpha value is 0.260. The van der Waals surface area contributed by atoms with Gasteiger partial charge in [-0.25, -0.2) is 8.42 Å². The molecule has 0 saturated carbocycles. The van der Waals surface area contributed by atoms with Crippen LogP contribution in [0, 0.1) is 0 Å². The van der Waals surface area contributed by atoms with Crippen LogP contribution in [-0.2, 0) is 19.9 Å². The Labute approximate surface area is 142 Å². The SMILES string of the molecule is CCCCCCCCCCCCCCCCCS(=O)S(=O)O. The number of hydrogen-bond donors (Lipinski definition) is 1. The van der Waals surface area contributed by atoms with Crippen LogP contribution in [0.5, 0.6) is 0 Å². The first-order valence-electron chi connectivity index (χ1n) is 9.18. The molecular weight excluding hydrogens is 316 g/mol. The minimum absolute atomic E-state index is 0.362. The lowest BCUT2D eigenvalue weighted by molar-refractivity contribution is 0.534. The molecule has 0 saturated heterocycles.